The van der Waals surface area contributed by atoms with Crippen molar-refractivity contribution in [1.29, 1.82) is 0 Å². The number of benzene rings is 1. The molecule has 1 amide bonds. The molecule has 0 spiro atoms. The molecular weight excluding hydrogens is 304 g/mol. The Labute approximate surface area is 141 Å². The second-order valence-electron chi connectivity index (χ2n) is 5.95. The number of piperazine rings is 1. The maximum absolute atomic E-state index is 11.0. The Morgan fingerprint density at radius 1 is 0.958 bits per heavy atom. The smallest absolute Gasteiger partial charge is 0.222 e. The van der Waals surface area contributed by atoms with Crippen LogP contribution in [-0.4, -0.2) is 54.2 Å². The van der Waals surface area contributed by atoms with E-state index < -0.39 is 0 Å². The molecular formula is C17H22N6O. The van der Waals surface area contributed by atoms with Crippen LogP contribution >= 0.6 is 0 Å². The molecule has 0 radical (unpaired) electrons. The van der Waals surface area contributed by atoms with Crippen LogP contribution in [0.2, 0.25) is 0 Å². The number of nitrogens with one attached hydrogen (secondary N) is 2. The van der Waals surface area contributed by atoms with Crippen LogP contribution in [0, 0.1) is 0 Å². The Hall–Kier alpha value is -2.67. The number of anilines is 4. The Kier molecular flexibility index (Phi) is 4.90. The molecule has 2 N–H and O–H groups in total. The van der Waals surface area contributed by atoms with Gasteiger partial charge in [-0.05, 0) is 43.4 Å². The van der Waals surface area contributed by atoms with Crippen LogP contribution in [0.15, 0.2) is 36.4 Å². The van der Waals surface area contributed by atoms with Gasteiger partial charge in [0.2, 0.25) is 5.91 Å². The van der Waals surface area contributed by atoms with Crippen molar-refractivity contribution in [1.82, 2.24) is 15.1 Å². The van der Waals surface area contributed by atoms with Gasteiger partial charge in [0.05, 0.1) is 0 Å². The SMILES string of the molecule is CC(=O)Nc1ccc(Nc2ccc(N3CCN(C)CC3)cc2)nn1. The van der Waals surface area contributed by atoms with Gasteiger partial charge >= 0.3 is 0 Å². The van der Waals surface area contributed by atoms with E-state index in [2.05, 4.69) is 49.8 Å². The van der Waals surface area contributed by atoms with E-state index in [1.54, 1.807) is 12.1 Å². The van der Waals surface area contributed by atoms with Crippen molar-refractivity contribution in [2.45, 2.75) is 6.92 Å². The molecule has 0 atom stereocenters. The molecule has 126 valence electrons. The number of aromatic nitrogens is 2. The summed E-state index contributed by atoms with van der Waals surface area (Å²) in [5, 5.41) is 13.8. The van der Waals surface area contributed by atoms with Gasteiger partial charge in [-0.3, -0.25) is 4.79 Å². The predicted molar refractivity (Wildman–Crippen MR) is 95.8 cm³/mol. The van der Waals surface area contributed by atoms with E-state index in [9.17, 15) is 4.79 Å². The van der Waals surface area contributed by atoms with E-state index in [4.69, 9.17) is 0 Å². The van der Waals surface area contributed by atoms with Crippen LogP contribution in [-0.2, 0) is 4.79 Å². The van der Waals surface area contributed by atoms with Crippen molar-refractivity contribution in [3.05, 3.63) is 36.4 Å². The number of likely N-dealkylation sites (N-methyl/N-ethyl adjacent to an activating group) is 1. The molecule has 7 heteroatoms. The highest BCUT2D eigenvalue weighted by atomic mass is 16.1. The summed E-state index contributed by atoms with van der Waals surface area (Å²) in [6.07, 6.45) is 0. The number of carbonyl (C=O) groups excluding carboxylic acids is 1. The topological polar surface area (TPSA) is 73.4 Å². The third-order valence-electron chi connectivity index (χ3n) is 3.98. The minimum atomic E-state index is -0.162. The van der Waals surface area contributed by atoms with Gasteiger partial charge in [0.1, 0.15) is 0 Å². The maximum Gasteiger partial charge on any atom is 0.222 e. The van der Waals surface area contributed by atoms with Gasteiger partial charge in [0.25, 0.3) is 0 Å². The molecule has 24 heavy (non-hydrogen) atoms. The molecule has 0 aliphatic carbocycles. The van der Waals surface area contributed by atoms with Crippen LogP contribution in [0.3, 0.4) is 0 Å². The lowest BCUT2D eigenvalue weighted by atomic mass is 10.2. The predicted octanol–water partition coefficient (Wildman–Crippen LogP) is 1.93. The number of hydrogen-bond acceptors (Lipinski definition) is 6. The Morgan fingerprint density at radius 3 is 2.17 bits per heavy atom. The second-order valence-corrected chi connectivity index (χ2v) is 5.95. The Morgan fingerprint density at radius 2 is 1.58 bits per heavy atom. The lowest BCUT2D eigenvalue weighted by Gasteiger charge is -2.34. The van der Waals surface area contributed by atoms with E-state index in [0.29, 0.717) is 11.6 Å². The van der Waals surface area contributed by atoms with Crippen LogP contribution in [0.5, 0.6) is 0 Å². The van der Waals surface area contributed by atoms with Crippen molar-refractivity contribution in [2.24, 2.45) is 0 Å². The quantitative estimate of drug-likeness (QED) is 0.894. The van der Waals surface area contributed by atoms with Gasteiger partial charge in [-0.1, -0.05) is 0 Å². The van der Waals surface area contributed by atoms with E-state index in [1.165, 1.54) is 12.6 Å². The first-order chi connectivity index (χ1) is 11.6. The molecule has 1 fully saturated rings. The molecule has 2 aromatic rings. The summed E-state index contributed by atoms with van der Waals surface area (Å²) in [6.45, 7) is 5.74. The second kappa shape index (κ2) is 7.27. The van der Waals surface area contributed by atoms with Crippen LogP contribution in [0.4, 0.5) is 23.0 Å². The average molecular weight is 326 g/mol. The maximum atomic E-state index is 11.0. The van der Waals surface area contributed by atoms with Crippen molar-refractivity contribution in [3.8, 4) is 0 Å². The molecule has 0 saturated carbocycles. The van der Waals surface area contributed by atoms with Crippen LogP contribution in [0.1, 0.15) is 6.92 Å². The van der Waals surface area contributed by atoms with Crippen molar-refractivity contribution in [2.75, 3.05) is 48.8 Å². The fraction of sp³-hybridized carbons (Fsp3) is 0.353. The highest BCUT2D eigenvalue weighted by Gasteiger charge is 2.13. The largest absolute Gasteiger partial charge is 0.369 e. The summed E-state index contributed by atoms with van der Waals surface area (Å²) in [5.41, 5.74) is 2.19. The zero-order valence-electron chi connectivity index (χ0n) is 14.0. The van der Waals surface area contributed by atoms with E-state index in [1.807, 2.05) is 12.1 Å². The Bertz CT molecular complexity index is 677. The number of hydrogen-bond donors (Lipinski definition) is 2. The molecule has 1 aliphatic rings. The van der Waals surface area contributed by atoms with Gasteiger partial charge < -0.3 is 20.4 Å². The minimum Gasteiger partial charge on any atom is -0.369 e. The highest BCUT2D eigenvalue weighted by molar-refractivity contribution is 5.87. The summed E-state index contributed by atoms with van der Waals surface area (Å²) in [6, 6.07) is 11.8. The van der Waals surface area contributed by atoms with Crippen LogP contribution < -0.4 is 15.5 Å². The van der Waals surface area contributed by atoms with Gasteiger partial charge in [-0.25, -0.2) is 0 Å². The molecule has 1 aromatic heterocycles. The first-order valence-corrected chi connectivity index (χ1v) is 8.02. The summed E-state index contributed by atoms with van der Waals surface area (Å²) in [5.74, 6) is 0.916. The number of rotatable bonds is 4. The van der Waals surface area contributed by atoms with E-state index >= 15 is 0 Å². The molecule has 1 saturated heterocycles. The summed E-state index contributed by atoms with van der Waals surface area (Å²) >= 11 is 0. The van der Waals surface area contributed by atoms with Crippen molar-refractivity contribution < 1.29 is 4.79 Å². The first-order valence-electron chi connectivity index (χ1n) is 8.02. The average Bonchev–Trinajstić information content (AvgIpc) is 2.58. The number of amides is 1. The fourth-order valence-electron chi connectivity index (χ4n) is 2.61. The molecule has 3 rings (SSSR count). The van der Waals surface area contributed by atoms with Gasteiger partial charge in [-0.2, -0.15) is 0 Å². The van der Waals surface area contributed by atoms with Crippen molar-refractivity contribution in [3.63, 3.8) is 0 Å². The van der Waals surface area contributed by atoms with Crippen molar-refractivity contribution >= 4 is 28.9 Å². The monoisotopic (exact) mass is 326 g/mol. The molecule has 7 nitrogen and oxygen atoms in total. The zero-order chi connectivity index (χ0) is 16.9. The van der Waals surface area contributed by atoms with Gasteiger partial charge in [0.15, 0.2) is 11.6 Å². The molecule has 0 bridgehead atoms. The number of nitrogens with zero attached hydrogens (tertiary/aromatic N) is 4. The minimum absolute atomic E-state index is 0.162. The van der Waals surface area contributed by atoms with E-state index in [0.717, 1.165) is 31.9 Å². The highest BCUT2D eigenvalue weighted by Crippen LogP contribution is 2.21. The Balaban J connectivity index is 1.60. The standard InChI is InChI=1S/C17H22N6O/c1-13(24)18-16-7-8-17(21-20-16)19-14-3-5-15(6-4-14)23-11-9-22(2)10-12-23/h3-8H,9-12H2,1-2H3,(H,19,21)(H,18,20,24). The number of carbonyl (C=O) groups is 1. The first kappa shape index (κ1) is 16.2. The summed E-state index contributed by atoms with van der Waals surface area (Å²) < 4.78 is 0. The van der Waals surface area contributed by atoms with E-state index in [-0.39, 0.29) is 5.91 Å². The van der Waals surface area contributed by atoms with Crippen LogP contribution in [0.25, 0.3) is 0 Å². The lowest BCUT2D eigenvalue weighted by molar-refractivity contribution is -0.114. The summed E-state index contributed by atoms with van der Waals surface area (Å²) in [4.78, 5) is 15.7. The third-order valence-corrected chi connectivity index (χ3v) is 3.98. The normalized spacial score (nSPS) is 15.2. The molecule has 2 heterocycles. The lowest BCUT2D eigenvalue weighted by Crippen LogP contribution is -2.44. The molecule has 0 unspecified atom stereocenters. The third kappa shape index (κ3) is 4.20. The van der Waals surface area contributed by atoms with Gasteiger partial charge in [0, 0.05) is 44.5 Å². The summed E-state index contributed by atoms with van der Waals surface area (Å²) in [7, 11) is 2.16. The molecule has 1 aromatic carbocycles. The fourth-order valence-corrected chi connectivity index (χ4v) is 2.61. The van der Waals surface area contributed by atoms with Gasteiger partial charge in [-0.15, -0.1) is 10.2 Å². The molecule has 1 aliphatic heterocycles. The zero-order valence-corrected chi connectivity index (χ0v) is 14.0.